The number of pyridine rings is 1. The summed E-state index contributed by atoms with van der Waals surface area (Å²) in [6, 6.07) is 7.23. The van der Waals surface area contributed by atoms with Crippen molar-refractivity contribution in [2.75, 3.05) is 11.4 Å². The standard InChI is InChI=1S/C15H15N3O5S/c1-10-7-11-8-13(4-5-14(11)23-10)24(21,22)17(2)15-6-3-12(9-16-15)18(19)20/h3-6,8-10H,7H2,1-2H3. The number of sulfonamides is 1. The van der Waals surface area contributed by atoms with Crippen molar-refractivity contribution in [1.82, 2.24) is 4.98 Å². The van der Waals surface area contributed by atoms with Crippen LogP contribution in [0.15, 0.2) is 41.4 Å². The van der Waals surface area contributed by atoms with E-state index in [0.717, 1.165) is 16.1 Å². The second-order valence-corrected chi connectivity index (χ2v) is 7.48. The first-order valence-electron chi connectivity index (χ1n) is 7.18. The van der Waals surface area contributed by atoms with E-state index in [1.54, 1.807) is 12.1 Å². The van der Waals surface area contributed by atoms with Crippen molar-refractivity contribution in [3.63, 3.8) is 0 Å². The van der Waals surface area contributed by atoms with Crippen molar-refractivity contribution >= 4 is 21.5 Å². The molecule has 0 saturated heterocycles. The summed E-state index contributed by atoms with van der Waals surface area (Å²) in [5, 5.41) is 10.7. The van der Waals surface area contributed by atoms with Crippen molar-refractivity contribution < 1.29 is 18.1 Å². The maximum Gasteiger partial charge on any atom is 0.287 e. The molecule has 1 aliphatic heterocycles. The average Bonchev–Trinajstić information content (AvgIpc) is 2.93. The molecule has 8 nitrogen and oxygen atoms in total. The van der Waals surface area contributed by atoms with Crippen LogP contribution in [0, 0.1) is 10.1 Å². The van der Waals surface area contributed by atoms with Gasteiger partial charge in [-0.3, -0.25) is 14.4 Å². The number of ether oxygens (including phenoxy) is 1. The van der Waals surface area contributed by atoms with E-state index < -0.39 is 14.9 Å². The summed E-state index contributed by atoms with van der Waals surface area (Å²) >= 11 is 0. The zero-order chi connectivity index (χ0) is 17.5. The van der Waals surface area contributed by atoms with Gasteiger partial charge in [0.1, 0.15) is 23.9 Å². The van der Waals surface area contributed by atoms with E-state index in [-0.39, 0.29) is 22.5 Å². The summed E-state index contributed by atoms with van der Waals surface area (Å²) in [7, 11) is -2.46. The number of nitro groups is 1. The first-order valence-corrected chi connectivity index (χ1v) is 8.62. The minimum absolute atomic E-state index is 0.0204. The molecule has 0 radical (unpaired) electrons. The van der Waals surface area contributed by atoms with Crippen LogP contribution in [-0.2, 0) is 16.4 Å². The lowest BCUT2D eigenvalue weighted by Crippen LogP contribution is -2.27. The molecule has 0 fully saturated rings. The third-order valence-electron chi connectivity index (χ3n) is 3.79. The van der Waals surface area contributed by atoms with Gasteiger partial charge in [0.05, 0.1) is 9.82 Å². The van der Waals surface area contributed by atoms with E-state index in [4.69, 9.17) is 4.74 Å². The highest BCUT2D eigenvalue weighted by Crippen LogP contribution is 2.32. The summed E-state index contributed by atoms with van der Waals surface area (Å²) in [6.45, 7) is 1.92. The van der Waals surface area contributed by atoms with Gasteiger partial charge in [-0.1, -0.05) is 0 Å². The van der Waals surface area contributed by atoms with Crippen molar-refractivity contribution in [2.24, 2.45) is 0 Å². The number of nitrogens with zero attached hydrogens (tertiary/aromatic N) is 3. The first kappa shape index (κ1) is 16.2. The monoisotopic (exact) mass is 349 g/mol. The lowest BCUT2D eigenvalue weighted by Gasteiger charge is -2.18. The van der Waals surface area contributed by atoms with Crippen LogP contribution < -0.4 is 9.04 Å². The molecule has 1 aromatic heterocycles. The van der Waals surface area contributed by atoms with Gasteiger partial charge >= 0.3 is 0 Å². The van der Waals surface area contributed by atoms with Gasteiger partial charge in [0.25, 0.3) is 15.7 Å². The number of benzene rings is 1. The molecule has 1 aliphatic rings. The van der Waals surface area contributed by atoms with Crippen molar-refractivity contribution in [2.45, 2.75) is 24.3 Å². The van der Waals surface area contributed by atoms with Gasteiger partial charge in [0, 0.05) is 19.5 Å². The van der Waals surface area contributed by atoms with Gasteiger partial charge in [-0.15, -0.1) is 0 Å². The fourth-order valence-electron chi connectivity index (χ4n) is 2.51. The third kappa shape index (κ3) is 2.78. The Bertz CT molecular complexity index is 896. The summed E-state index contributed by atoms with van der Waals surface area (Å²) in [6.07, 6.45) is 1.70. The highest BCUT2D eigenvalue weighted by atomic mass is 32.2. The molecule has 9 heteroatoms. The van der Waals surface area contributed by atoms with Gasteiger partial charge < -0.3 is 4.74 Å². The van der Waals surface area contributed by atoms with Gasteiger partial charge in [-0.25, -0.2) is 13.4 Å². The number of aromatic nitrogens is 1. The fourth-order valence-corrected chi connectivity index (χ4v) is 3.71. The Morgan fingerprint density at radius 3 is 2.71 bits per heavy atom. The summed E-state index contributed by atoms with van der Waals surface area (Å²) in [5.41, 5.74) is 0.641. The van der Waals surface area contributed by atoms with E-state index >= 15 is 0 Å². The molecule has 0 spiro atoms. The number of rotatable bonds is 4. The number of fused-ring (bicyclic) bond motifs is 1. The zero-order valence-electron chi connectivity index (χ0n) is 13.0. The Hall–Kier alpha value is -2.68. The molecule has 3 rings (SSSR count). The zero-order valence-corrected chi connectivity index (χ0v) is 13.9. The Morgan fingerprint density at radius 1 is 1.33 bits per heavy atom. The number of hydrogen-bond acceptors (Lipinski definition) is 6. The lowest BCUT2D eigenvalue weighted by atomic mass is 10.1. The molecule has 1 unspecified atom stereocenters. The van der Waals surface area contributed by atoms with Crippen LogP contribution in [0.5, 0.6) is 5.75 Å². The van der Waals surface area contributed by atoms with Gasteiger partial charge in [0.2, 0.25) is 0 Å². The maximum atomic E-state index is 12.7. The maximum absolute atomic E-state index is 12.7. The summed E-state index contributed by atoms with van der Waals surface area (Å²) < 4.78 is 32.1. The van der Waals surface area contributed by atoms with Crippen LogP contribution in [0.2, 0.25) is 0 Å². The molecule has 24 heavy (non-hydrogen) atoms. The molecule has 0 amide bonds. The SMILES string of the molecule is CC1Cc2cc(S(=O)(=O)N(C)c3ccc([N+](=O)[O-])cn3)ccc2O1. The Labute approximate surface area is 138 Å². The smallest absolute Gasteiger partial charge is 0.287 e. The topological polar surface area (TPSA) is 103 Å². The molecule has 1 aromatic carbocycles. The highest BCUT2D eigenvalue weighted by Gasteiger charge is 2.26. The van der Waals surface area contributed by atoms with Crippen LogP contribution >= 0.6 is 0 Å². The lowest BCUT2D eigenvalue weighted by molar-refractivity contribution is -0.385. The second kappa shape index (κ2) is 5.75. The summed E-state index contributed by atoms with van der Waals surface area (Å²) in [4.78, 5) is 14.0. The predicted molar refractivity (Wildman–Crippen MR) is 86.7 cm³/mol. The molecule has 0 N–H and O–H groups in total. The Kier molecular flexibility index (Phi) is 3.88. The molecule has 0 aliphatic carbocycles. The Morgan fingerprint density at radius 2 is 2.08 bits per heavy atom. The van der Waals surface area contributed by atoms with Crippen LogP contribution in [0.1, 0.15) is 12.5 Å². The van der Waals surface area contributed by atoms with E-state index in [1.807, 2.05) is 6.92 Å². The van der Waals surface area contributed by atoms with Crippen LogP contribution in [0.3, 0.4) is 0 Å². The van der Waals surface area contributed by atoms with Gasteiger partial charge in [-0.2, -0.15) is 0 Å². The molecule has 0 saturated carbocycles. The van der Waals surface area contributed by atoms with E-state index in [0.29, 0.717) is 12.2 Å². The molecule has 0 bridgehead atoms. The molecular formula is C15H15N3O5S. The summed E-state index contributed by atoms with van der Waals surface area (Å²) in [5.74, 6) is 0.795. The fraction of sp³-hybridized carbons (Fsp3) is 0.267. The van der Waals surface area contributed by atoms with Crippen LogP contribution in [0.25, 0.3) is 0 Å². The predicted octanol–water partition coefficient (Wildman–Crippen LogP) is 2.14. The minimum Gasteiger partial charge on any atom is -0.490 e. The molecule has 2 aromatic rings. The average molecular weight is 349 g/mol. The third-order valence-corrected chi connectivity index (χ3v) is 5.55. The van der Waals surface area contributed by atoms with E-state index in [1.165, 1.54) is 25.2 Å². The minimum atomic E-state index is -3.82. The quantitative estimate of drug-likeness (QED) is 0.619. The number of anilines is 1. The van der Waals surface area contributed by atoms with Crippen molar-refractivity contribution in [3.05, 3.63) is 52.2 Å². The largest absolute Gasteiger partial charge is 0.490 e. The van der Waals surface area contributed by atoms with E-state index in [9.17, 15) is 18.5 Å². The molecule has 2 heterocycles. The van der Waals surface area contributed by atoms with Crippen molar-refractivity contribution in [1.29, 1.82) is 0 Å². The normalized spacial score (nSPS) is 16.3. The molecular weight excluding hydrogens is 334 g/mol. The Balaban J connectivity index is 1.92. The van der Waals surface area contributed by atoms with Gasteiger partial charge in [0.15, 0.2) is 0 Å². The molecule has 126 valence electrons. The van der Waals surface area contributed by atoms with Gasteiger partial charge in [-0.05, 0) is 36.8 Å². The highest BCUT2D eigenvalue weighted by molar-refractivity contribution is 7.92. The van der Waals surface area contributed by atoms with Crippen LogP contribution in [0.4, 0.5) is 11.5 Å². The van der Waals surface area contributed by atoms with Crippen molar-refractivity contribution in [3.8, 4) is 5.75 Å². The number of hydrogen-bond donors (Lipinski definition) is 0. The van der Waals surface area contributed by atoms with Crippen LogP contribution in [-0.4, -0.2) is 31.5 Å². The molecule has 1 atom stereocenters. The van der Waals surface area contributed by atoms with E-state index in [2.05, 4.69) is 4.98 Å². The first-order chi connectivity index (χ1) is 11.3. The second-order valence-electron chi connectivity index (χ2n) is 5.51.